The van der Waals surface area contributed by atoms with Crippen LogP contribution >= 0.6 is 0 Å². The average molecular weight is 240 g/mol. The zero-order valence-electron chi connectivity index (χ0n) is 10.5. The van der Waals surface area contributed by atoms with Crippen LogP contribution in [0.1, 0.15) is 19.8 Å². The van der Waals surface area contributed by atoms with Gasteiger partial charge >= 0.3 is 0 Å². The predicted molar refractivity (Wildman–Crippen MR) is 72.8 cm³/mol. The zero-order chi connectivity index (χ0) is 12.5. The SMILES string of the molecule is CC1CC(=O)CCN1c1cccc2cnccc12. The van der Waals surface area contributed by atoms with Crippen LogP contribution in [0, 0.1) is 0 Å². The molecule has 18 heavy (non-hydrogen) atoms. The van der Waals surface area contributed by atoms with Crippen molar-refractivity contribution >= 4 is 22.2 Å². The Kier molecular flexibility index (Phi) is 2.74. The summed E-state index contributed by atoms with van der Waals surface area (Å²) in [5.74, 6) is 0.376. The largest absolute Gasteiger partial charge is 0.367 e. The molecule has 3 nitrogen and oxygen atoms in total. The van der Waals surface area contributed by atoms with Crippen molar-refractivity contribution in [3.63, 3.8) is 0 Å². The highest BCUT2D eigenvalue weighted by molar-refractivity contribution is 5.94. The van der Waals surface area contributed by atoms with Crippen LogP contribution in [0.2, 0.25) is 0 Å². The molecule has 0 spiro atoms. The average Bonchev–Trinajstić information content (AvgIpc) is 2.38. The van der Waals surface area contributed by atoms with Crippen LogP contribution in [0.25, 0.3) is 10.8 Å². The molecule has 92 valence electrons. The van der Waals surface area contributed by atoms with E-state index in [0.29, 0.717) is 18.6 Å². The Morgan fingerprint density at radius 2 is 2.22 bits per heavy atom. The molecule has 2 aromatic rings. The summed E-state index contributed by atoms with van der Waals surface area (Å²) in [5.41, 5.74) is 1.22. The van der Waals surface area contributed by atoms with Gasteiger partial charge in [-0.1, -0.05) is 12.1 Å². The number of ketones is 1. The molecule has 1 aromatic heterocycles. The lowest BCUT2D eigenvalue weighted by Gasteiger charge is -2.35. The van der Waals surface area contributed by atoms with Crippen molar-refractivity contribution in [2.75, 3.05) is 11.4 Å². The number of pyridine rings is 1. The van der Waals surface area contributed by atoms with Crippen LogP contribution in [0.5, 0.6) is 0 Å². The maximum atomic E-state index is 11.5. The molecule has 1 aliphatic heterocycles. The summed E-state index contributed by atoms with van der Waals surface area (Å²) in [6, 6.07) is 8.60. The monoisotopic (exact) mass is 240 g/mol. The molecule has 1 aliphatic rings. The first kappa shape index (κ1) is 11.2. The summed E-state index contributed by atoms with van der Waals surface area (Å²) in [5, 5.41) is 2.37. The molecular weight excluding hydrogens is 224 g/mol. The Morgan fingerprint density at radius 1 is 1.33 bits per heavy atom. The summed E-state index contributed by atoms with van der Waals surface area (Å²) in [6.45, 7) is 2.94. The number of carbonyl (C=O) groups excluding carboxylic acids is 1. The van der Waals surface area contributed by atoms with Crippen LogP contribution in [-0.2, 0) is 4.79 Å². The van der Waals surface area contributed by atoms with Gasteiger partial charge in [0, 0.05) is 54.3 Å². The summed E-state index contributed by atoms with van der Waals surface area (Å²) >= 11 is 0. The van der Waals surface area contributed by atoms with Gasteiger partial charge in [-0.3, -0.25) is 9.78 Å². The first-order valence-electron chi connectivity index (χ1n) is 6.37. The fourth-order valence-electron chi connectivity index (χ4n) is 2.72. The van der Waals surface area contributed by atoms with E-state index in [-0.39, 0.29) is 6.04 Å². The molecule has 0 radical (unpaired) electrons. The number of piperidine rings is 1. The Bertz CT molecular complexity index is 589. The number of benzene rings is 1. The lowest BCUT2D eigenvalue weighted by molar-refractivity contribution is -0.120. The standard InChI is InChI=1S/C15H16N2O/c1-11-9-13(18)6-8-17(11)15-4-2-3-12-10-16-7-5-14(12)15/h2-5,7,10-11H,6,8-9H2,1H3. The lowest BCUT2D eigenvalue weighted by Crippen LogP contribution is -2.41. The van der Waals surface area contributed by atoms with E-state index in [4.69, 9.17) is 0 Å². The molecule has 1 atom stereocenters. The molecule has 3 heteroatoms. The number of carbonyl (C=O) groups is 1. The van der Waals surface area contributed by atoms with Gasteiger partial charge in [0.05, 0.1) is 0 Å². The quantitative estimate of drug-likeness (QED) is 0.768. The number of hydrogen-bond donors (Lipinski definition) is 0. The first-order valence-corrected chi connectivity index (χ1v) is 6.37. The topological polar surface area (TPSA) is 33.2 Å². The third kappa shape index (κ3) is 1.86. The minimum Gasteiger partial charge on any atom is -0.367 e. The summed E-state index contributed by atoms with van der Waals surface area (Å²) < 4.78 is 0. The van der Waals surface area contributed by atoms with Crippen LogP contribution < -0.4 is 4.90 Å². The highest BCUT2D eigenvalue weighted by atomic mass is 16.1. The Morgan fingerprint density at radius 3 is 3.06 bits per heavy atom. The molecule has 1 aromatic carbocycles. The van der Waals surface area contributed by atoms with Gasteiger partial charge in [-0.2, -0.15) is 0 Å². The van der Waals surface area contributed by atoms with Crippen LogP contribution in [-0.4, -0.2) is 23.4 Å². The molecule has 1 fully saturated rings. The zero-order valence-corrected chi connectivity index (χ0v) is 10.5. The van der Waals surface area contributed by atoms with Crippen molar-refractivity contribution in [3.05, 3.63) is 36.7 Å². The molecule has 3 rings (SSSR count). The molecule has 0 aliphatic carbocycles. The highest BCUT2D eigenvalue weighted by Crippen LogP contribution is 2.30. The van der Waals surface area contributed by atoms with E-state index in [1.54, 1.807) is 0 Å². The number of aromatic nitrogens is 1. The molecule has 0 bridgehead atoms. The van der Waals surface area contributed by atoms with E-state index < -0.39 is 0 Å². The maximum Gasteiger partial charge on any atom is 0.136 e. The fraction of sp³-hybridized carbons (Fsp3) is 0.333. The minimum absolute atomic E-state index is 0.282. The van der Waals surface area contributed by atoms with E-state index in [1.165, 1.54) is 11.1 Å². The summed E-state index contributed by atoms with van der Waals surface area (Å²) in [4.78, 5) is 18.0. The smallest absolute Gasteiger partial charge is 0.136 e. The van der Waals surface area contributed by atoms with Crippen molar-refractivity contribution in [2.24, 2.45) is 0 Å². The van der Waals surface area contributed by atoms with Crippen molar-refractivity contribution in [1.82, 2.24) is 4.98 Å². The van der Waals surface area contributed by atoms with E-state index in [9.17, 15) is 4.79 Å². The molecule has 0 saturated carbocycles. The fourth-order valence-corrected chi connectivity index (χ4v) is 2.72. The van der Waals surface area contributed by atoms with Crippen LogP contribution in [0.3, 0.4) is 0 Å². The predicted octanol–water partition coefficient (Wildman–Crippen LogP) is 2.79. The molecule has 2 heterocycles. The van der Waals surface area contributed by atoms with E-state index in [2.05, 4.69) is 35.0 Å². The number of nitrogens with zero attached hydrogens (tertiary/aromatic N) is 2. The second kappa shape index (κ2) is 4.41. The Labute approximate surface area is 106 Å². The van der Waals surface area contributed by atoms with E-state index >= 15 is 0 Å². The molecule has 1 saturated heterocycles. The van der Waals surface area contributed by atoms with Gasteiger partial charge in [0.15, 0.2) is 0 Å². The van der Waals surface area contributed by atoms with E-state index in [0.717, 1.165) is 11.9 Å². The van der Waals surface area contributed by atoms with Crippen molar-refractivity contribution in [1.29, 1.82) is 0 Å². The van der Waals surface area contributed by atoms with Crippen molar-refractivity contribution < 1.29 is 4.79 Å². The van der Waals surface area contributed by atoms with Gasteiger partial charge in [-0.15, -0.1) is 0 Å². The molecule has 1 unspecified atom stereocenters. The van der Waals surface area contributed by atoms with Gasteiger partial charge in [0.2, 0.25) is 0 Å². The number of hydrogen-bond acceptors (Lipinski definition) is 3. The van der Waals surface area contributed by atoms with Crippen molar-refractivity contribution in [3.8, 4) is 0 Å². The van der Waals surface area contributed by atoms with Crippen molar-refractivity contribution in [2.45, 2.75) is 25.8 Å². The van der Waals surface area contributed by atoms with Crippen LogP contribution in [0.15, 0.2) is 36.7 Å². The maximum absolute atomic E-state index is 11.5. The van der Waals surface area contributed by atoms with Gasteiger partial charge in [-0.25, -0.2) is 0 Å². The van der Waals surface area contributed by atoms with E-state index in [1.807, 2.05) is 18.5 Å². The van der Waals surface area contributed by atoms with Gasteiger partial charge < -0.3 is 4.90 Å². The first-order chi connectivity index (χ1) is 8.75. The Hall–Kier alpha value is -1.90. The normalized spacial score (nSPS) is 20.4. The number of Topliss-reactive ketones (excluding diaryl/α,β-unsaturated/α-hetero) is 1. The number of fused-ring (bicyclic) bond motifs is 1. The van der Waals surface area contributed by atoms with Gasteiger partial charge in [0.25, 0.3) is 0 Å². The second-order valence-electron chi connectivity index (χ2n) is 4.91. The second-order valence-corrected chi connectivity index (χ2v) is 4.91. The highest BCUT2D eigenvalue weighted by Gasteiger charge is 2.24. The minimum atomic E-state index is 0.282. The Balaban J connectivity index is 2.06. The molecular formula is C15H16N2O. The lowest BCUT2D eigenvalue weighted by atomic mass is 10.00. The summed E-state index contributed by atoms with van der Waals surface area (Å²) in [6.07, 6.45) is 5.03. The van der Waals surface area contributed by atoms with Crippen LogP contribution in [0.4, 0.5) is 5.69 Å². The number of anilines is 1. The third-order valence-electron chi connectivity index (χ3n) is 3.65. The van der Waals surface area contributed by atoms with Gasteiger partial charge in [0.1, 0.15) is 5.78 Å². The molecule has 0 N–H and O–H groups in total. The van der Waals surface area contributed by atoms with Gasteiger partial charge in [-0.05, 0) is 19.1 Å². The number of rotatable bonds is 1. The third-order valence-corrected chi connectivity index (χ3v) is 3.65. The summed E-state index contributed by atoms with van der Waals surface area (Å²) in [7, 11) is 0. The molecule has 0 amide bonds.